The second-order valence-corrected chi connectivity index (χ2v) is 8.55. The first-order valence-corrected chi connectivity index (χ1v) is 11.9. The monoisotopic (exact) mass is 474 g/mol. The summed E-state index contributed by atoms with van der Waals surface area (Å²) in [6.45, 7) is 4.96. The Bertz CT molecular complexity index is 1340. The van der Waals surface area contributed by atoms with Crippen molar-refractivity contribution in [3.63, 3.8) is 0 Å². The molecule has 5 rings (SSSR count). The first kappa shape index (κ1) is 23.1. The van der Waals surface area contributed by atoms with Crippen molar-refractivity contribution in [3.8, 4) is 22.8 Å². The highest BCUT2D eigenvalue weighted by atomic mass is 16.5. The molecule has 182 valence electrons. The van der Waals surface area contributed by atoms with E-state index >= 15 is 0 Å². The van der Waals surface area contributed by atoms with Crippen LogP contribution in [0.15, 0.2) is 48.5 Å². The van der Waals surface area contributed by atoms with E-state index in [9.17, 15) is 4.79 Å². The predicted octanol–water partition coefficient (Wildman–Crippen LogP) is 3.85. The van der Waals surface area contributed by atoms with E-state index in [0.29, 0.717) is 29.4 Å². The number of methoxy groups -OCH3 is 2. The number of para-hydroxylation sites is 2. The molecule has 0 saturated carbocycles. The lowest BCUT2D eigenvalue weighted by Crippen LogP contribution is -2.38. The van der Waals surface area contributed by atoms with Gasteiger partial charge in [-0.3, -0.25) is 9.69 Å². The number of hydrogen-bond acceptors (Lipinski definition) is 6. The van der Waals surface area contributed by atoms with Crippen molar-refractivity contribution in [3.05, 3.63) is 54.2 Å². The number of amides is 1. The van der Waals surface area contributed by atoms with Crippen molar-refractivity contribution in [2.24, 2.45) is 0 Å². The van der Waals surface area contributed by atoms with Crippen LogP contribution in [0, 0.1) is 0 Å². The highest BCUT2D eigenvalue weighted by Gasteiger charge is 2.21. The van der Waals surface area contributed by atoms with Gasteiger partial charge in [-0.05, 0) is 37.2 Å². The predicted molar refractivity (Wildman–Crippen MR) is 136 cm³/mol. The van der Waals surface area contributed by atoms with E-state index in [1.807, 2.05) is 48.5 Å². The van der Waals surface area contributed by atoms with E-state index in [1.165, 1.54) is 0 Å². The maximum Gasteiger partial charge on any atom is 0.269 e. The molecular weight excluding hydrogens is 444 g/mol. The number of fused-ring (bicyclic) bond motifs is 3. The van der Waals surface area contributed by atoms with Gasteiger partial charge < -0.3 is 24.5 Å². The van der Waals surface area contributed by atoms with Gasteiger partial charge in [-0.1, -0.05) is 24.3 Å². The lowest BCUT2D eigenvalue weighted by molar-refractivity contribution is 0.0374. The Kier molecular flexibility index (Phi) is 6.83. The largest absolute Gasteiger partial charge is 0.493 e. The lowest BCUT2D eigenvalue weighted by Gasteiger charge is -2.26. The minimum atomic E-state index is -0.192. The van der Waals surface area contributed by atoms with Crippen molar-refractivity contribution in [1.82, 2.24) is 20.2 Å². The van der Waals surface area contributed by atoms with Crippen molar-refractivity contribution in [1.29, 1.82) is 0 Å². The van der Waals surface area contributed by atoms with Gasteiger partial charge in [-0.15, -0.1) is 0 Å². The molecule has 3 heterocycles. The summed E-state index contributed by atoms with van der Waals surface area (Å²) < 4.78 is 16.6. The molecule has 1 aliphatic heterocycles. The zero-order chi connectivity index (χ0) is 24.2. The minimum absolute atomic E-state index is 0.192. The molecule has 1 amide bonds. The smallest absolute Gasteiger partial charge is 0.269 e. The molecule has 2 N–H and O–H groups in total. The molecule has 0 aliphatic carbocycles. The molecule has 0 atom stereocenters. The Morgan fingerprint density at radius 1 is 1.09 bits per heavy atom. The van der Waals surface area contributed by atoms with Gasteiger partial charge in [-0.25, -0.2) is 4.98 Å². The number of aromatic amines is 1. The van der Waals surface area contributed by atoms with Crippen LogP contribution in [0.5, 0.6) is 11.5 Å². The maximum absolute atomic E-state index is 13.2. The summed E-state index contributed by atoms with van der Waals surface area (Å²) in [5.74, 6) is 0.988. The number of H-pyrrole nitrogens is 1. The summed E-state index contributed by atoms with van der Waals surface area (Å²) in [7, 11) is 3.21. The van der Waals surface area contributed by atoms with E-state index in [1.54, 1.807) is 14.2 Å². The third-order valence-corrected chi connectivity index (χ3v) is 6.43. The van der Waals surface area contributed by atoms with Crippen molar-refractivity contribution >= 4 is 27.7 Å². The molecule has 0 bridgehead atoms. The topological polar surface area (TPSA) is 88.7 Å². The van der Waals surface area contributed by atoms with E-state index in [0.717, 1.165) is 66.6 Å². The Morgan fingerprint density at radius 2 is 1.91 bits per heavy atom. The summed E-state index contributed by atoms with van der Waals surface area (Å²) in [6, 6.07) is 15.6. The van der Waals surface area contributed by atoms with Gasteiger partial charge in [-0.2, -0.15) is 0 Å². The minimum Gasteiger partial charge on any atom is -0.493 e. The second kappa shape index (κ2) is 10.3. The van der Waals surface area contributed by atoms with E-state index in [2.05, 4.69) is 15.2 Å². The zero-order valence-corrected chi connectivity index (χ0v) is 20.1. The van der Waals surface area contributed by atoms with Gasteiger partial charge in [0.05, 0.1) is 38.6 Å². The molecule has 0 unspecified atom stereocenters. The quantitative estimate of drug-likeness (QED) is 0.377. The highest BCUT2D eigenvalue weighted by Crippen LogP contribution is 2.41. The molecule has 1 aliphatic rings. The molecule has 1 saturated heterocycles. The van der Waals surface area contributed by atoms with Crippen LogP contribution in [0.3, 0.4) is 0 Å². The van der Waals surface area contributed by atoms with Crippen LogP contribution >= 0.6 is 0 Å². The van der Waals surface area contributed by atoms with E-state index < -0.39 is 0 Å². The Morgan fingerprint density at radius 3 is 2.71 bits per heavy atom. The number of nitrogens with zero attached hydrogens (tertiary/aromatic N) is 2. The molecule has 0 spiro atoms. The van der Waals surface area contributed by atoms with Crippen LogP contribution in [0.25, 0.3) is 33.1 Å². The third-order valence-electron chi connectivity index (χ3n) is 6.43. The first-order valence-electron chi connectivity index (χ1n) is 11.9. The van der Waals surface area contributed by atoms with Crippen LogP contribution in [0.1, 0.15) is 16.9 Å². The molecule has 0 radical (unpaired) electrons. The standard InChI is InChI=1S/C27H30N4O4/c1-33-23-10-5-8-19(26(23)34-2)24-25-20(18-7-3-4-9-21(18)29-25)17-22(30-24)27(32)28-11-6-12-31-13-15-35-16-14-31/h3-5,7-10,17,29H,6,11-16H2,1-2H3,(H,28,32). The van der Waals surface area contributed by atoms with Crippen LogP contribution in [-0.4, -0.2) is 74.4 Å². The summed E-state index contributed by atoms with van der Waals surface area (Å²) in [5, 5.41) is 5.02. The number of benzene rings is 2. The van der Waals surface area contributed by atoms with Crippen LogP contribution in [0.4, 0.5) is 0 Å². The molecule has 35 heavy (non-hydrogen) atoms. The van der Waals surface area contributed by atoms with Crippen LogP contribution in [-0.2, 0) is 4.74 Å². The Hall–Kier alpha value is -3.62. The molecule has 2 aromatic heterocycles. The van der Waals surface area contributed by atoms with Gasteiger partial charge in [0.1, 0.15) is 5.69 Å². The molecule has 2 aromatic carbocycles. The average molecular weight is 475 g/mol. The number of hydrogen-bond donors (Lipinski definition) is 2. The fourth-order valence-electron chi connectivity index (χ4n) is 4.65. The van der Waals surface area contributed by atoms with Crippen molar-refractivity contribution in [2.45, 2.75) is 6.42 Å². The summed E-state index contributed by atoms with van der Waals surface area (Å²) >= 11 is 0. The van der Waals surface area contributed by atoms with Crippen LogP contribution < -0.4 is 14.8 Å². The highest BCUT2D eigenvalue weighted by molar-refractivity contribution is 6.13. The average Bonchev–Trinajstić information content (AvgIpc) is 3.29. The van der Waals surface area contributed by atoms with Gasteiger partial charge >= 0.3 is 0 Å². The fraction of sp³-hybridized carbons (Fsp3) is 0.333. The SMILES string of the molecule is COc1cccc(-c2nc(C(=O)NCCCN3CCOCC3)cc3c2[nH]c2ccccc23)c1OC. The Balaban J connectivity index is 1.49. The molecule has 8 heteroatoms. The number of ether oxygens (including phenoxy) is 3. The summed E-state index contributed by atoms with van der Waals surface area (Å²) in [6.07, 6.45) is 0.873. The fourth-order valence-corrected chi connectivity index (χ4v) is 4.65. The van der Waals surface area contributed by atoms with E-state index in [-0.39, 0.29) is 5.91 Å². The summed E-state index contributed by atoms with van der Waals surface area (Å²) in [5.41, 5.74) is 3.60. The van der Waals surface area contributed by atoms with Crippen molar-refractivity contribution in [2.75, 3.05) is 53.6 Å². The number of rotatable bonds is 8. The number of nitrogens with one attached hydrogen (secondary N) is 2. The van der Waals surface area contributed by atoms with Gasteiger partial charge in [0.15, 0.2) is 11.5 Å². The number of carbonyl (C=O) groups excluding carboxylic acids is 1. The maximum atomic E-state index is 13.2. The van der Waals surface area contributed by atoms with Crippen molar-refractivity contribution < 1.29 is 19.0 Å². The zero-order valence-electron chi connectivity index (χ0n) is 20.1. The number of morpholine rings is 1. The van der Waals surface area contributed by atoms with E-state index in [4.69, 9.17) is 19.2 Å². The second-order valence-electron chi connectivity index (χ2n) is 8.55. The third kappa shape index (κ3) is 4.67. The molecule has 8 nitrogen and oxygen atoms in total. The number of aromatic nitrogens is 2. The van der Waals surface area contributed by atoms with Gasteiger partial charge in [0.2, 0.25) is 0 Å². The number of carbonyl (C=O) groups is 1. The first-order chi connectivity index (χ1) is 17.2. The summed E-state index contributed by atoms with van der Waals surface area (Å²) in [4.78, 5) is 23.8. The van der Waals surface area contributed by atoms with Gasteiger partial charge in [0, 0.05) is 41.5 Å². The molecule has 4 aromatic rings. The normalized spacial score (nSPS) is 14.3. The lowest BCUT2D eigenvalue weighted by atomic mass is 10.0. The molecule has 1 fully saturated rings. The van der Waals surface area contributed by atoms with Crippen LogP contribution in [0.2, 0.25) is 0 Å². The molecular formula is C27H30N4O4. The number of pyridine rings is 1. The van der Waals surface area contributed by atoms with Gasteiger partial charge in [0.25, 0.3) is 5.91 Å². The Labute approximate surface area is 204 Å².